The summed E-state index contributed by atoms with van der Waals surface area (Å²) in [7, 11) is 0. The zero-order chi connectivity index (χ0) is 7.84. The Labute approximate surface area is 73.2 Å². The van der Waals surface area contributed by atoms with Crippen LogP contribution in [0.25, 0.3) is 0 Å². The monoisotopic (exact) mass is 216 g/mol. The maximum absolute atomic E-state index is 9.47. The highest BCUT2D eigenvalue weighted by Gasteiger charge is 2.20. The third-order valence-electron chi connectivity index (χ3n) is 2.00. The molecule has 1 N–H and O–H groups in total. The molecule has 0 amide bonds. The minimum Gasteiger partial charge on any atom is -0.385 e. The van der Waals surface area contributed by atoms with Gasteiger partial charge in [0.05, 0.1) is 6.20 Å². The van der Waals surface area contributed by atoms with Gasteiger partial charge in [-0.1, -0.05) is 0 Å². The Kier molecular flexibility index (Phi) is 1.73. The molecule has 1 aromatic rings. The van der Waals surface area contributed by atoms with Crippen LogP contribution in [-0.2, 0) is 6.54 Å². The Balaban J connectivity index is 2.46. The van der Waals surface area contributed by atoms with Crippen LogP contribution in [0.1, 0.15) is 24.8 Å². The van der Waals surface area contributed by atoms with Gasteiger partial charge < -0.3 is 9.67 Å². The van der Waals surface area contributed by atoms with Crippen LogP contribution in [0, 0.1) is 0 Å². The van der Waals surface area contributed by atoms with Gasteiger partial charge >= 0.3 is 0 Å². The van der Waals surface area contributed by atoms with Gasteiger partial charge in [0, 0.05) is 6.54 Å². The number of hydrogen-bond acceptors (Lipinski definition) is 2. The summed E-state index contributed by atoms with van der Waals surface area (Å²) in [6, 6.07) is 0. The van der Waals surface area contributed by atoms with Crippen LogP contribution in [0.5, 0.6) is 0 Å². The first kappa shape index (κ1) is 7.31. The number of imidazole rings is 1. The molecule has 0 fully saturated rings. The van der Waals surface area contributed by atoms with Crippen LogP contribution < -0.4 is 0 Å². The molecule has 1 aliphatic rings. The third kappa shape index (κ3) is 1.10. The zero-order valence-corrected chi connectivity index (χ0v) is 7.58. The highest BCUT2D eigenvalue weighted by Crippen LogP contribution is 2.26. The number of nitrogens with zero attached hydrogens (tertiary/aromatic N) is 2. The third-order valence-corrected chi connectivity index (χ3v) is 2.63. The van der Waals surface area contributed by atoms with E-state index in [2.05, 4.69) is 20.9 Å². The summed E-state index contributed by atoms with van der Waals surface area (Å²) >= 11 is 3.37. The number of rotatable bonds is 0. The van der Waals surface area contributed by atoms with Gasteiger partial charge in [-0.25, -0.2) is 4.98 Å². The second-order valence-electron chi connectivity index (χ2n) is 2.75. The van der Waals surface area contributed by atoms with Crippen molar-refractivity contribution in [3.05, 3.63) is 16.6 Å². The molecule has 0 aliphatic carbocycles. The minimum atomic E-state index is -0.366. The highest BCUT2D eigenvalue weighted by molar-refractivity contribution is 9.10. The Bertz CT molecular complexity index is 271. The molecule has 2 rings (SSSR count). The topological polar surface area (TPSA) is 38.0 Å². The number of aliphatic hydroxyl groups is 1. The van der Waals surface area contributed by atoms with Crippen molar-refractivity contribution in [3.8, 4) is 0 Å². The Morgan fingerprint density at radius 2 is 2.55 bits per heavy atom. The van der Waals surface area contributed by atoms with Crippen molar-refractivity contribution in [1.29, 1.82) is 0 Å². The Hall–Kier alpha value is -0.350. The van der Waals surface area contributed by atoms with E-state index in [1.807, 2.05) is 4.57 Å². The maximum Gasteiger partial charge on any atom is 0.138 e. The molecule has 1 atom stereocenters. The lowest BCUT2D eigenvalue weighted by molar-refractivity contribution is 0.133. The summed E-state index contributed by atoms with van der Waals surface area (Å²) in [4.78, 5) is 4.10. The van der Waals surface area contributed by atoms with E-state index in [9.17, 15) is 5.11 Å². The molecule has 0 aromatic carbocycles. The maximum atomic E-state index is 9.47. The Morgan fingerprint density at radius 1 is 1.73 bits per heavy atom. The quantitative estimate of drug-likeness (QED) is 0.714. The first-order valence-corrected chi connectivity index (χ1v) is 4.47. The molecule has 0 spiro atoms. The second-order valence-corrected chi connectivity index (χ2v) is 3.56. The molecule has 0 saturated heterocycles. The summed E-state index contributed by atoms with van der Waals surface area (Å²) in [6.07, 6.45) is 3.24. The van der Waals surface area contributed by atoms with Gasteiger partial charge in [-0.2, -0.15) is 0 Å². The molecule has 11 heavy (non-hydrogen) atoms. The molecule has 1 aliphatic heterocycles. The summed E-state index contributed by atoms with van der Waals surface area (Å²) in [5.74, 6) is 0.795. The van der Waals surface area contributed by atoms with Gasteiger partial charge in [-0.3, -0.25) is 0 Å². The van der Waals surface area contributed by atoms with Crippen molar-refractivity contribution >= 4 is 15.9 Å². The minimum absolute atomic E-state index is 0.366. The van der Waals surface area contributed by atoms with Crippen LogP contribution in [0.4, 0.5) is 0 Å². The number of fused-ring (bicyclic) bond motifs is 1. The van der Waals surface area contributed by atoms with E-state index in [-0.39, 0.29) is 6.10 Å². The van der Waals surface area contributed by atoms with Crippen molar-refractivity contribution in [1.82, 2.24) is 9.55 Å². The van der Waals surface area contributed by atoms with Crippen LogP contribution in [0.15, 0.2) is 10.8 Å². The van der Waals surface area contributed by atoms with E-state index >= 15 is 0 Å². The summed E-state index contributed by atoms with van der Waals surface area (Å²) in [5.41, 5.74) is 0. The first-order chi connectivity index (χ1) is 5.29. The molecule has 0 bridgehead atoms. The van der Waals surface area contributed by atoms with Gasteiger partial charge in [-0.05, 0) is 28.8 Å². The van der Waals surface area contributed by atoms with Crippen molar-refractivity contribution < 1.29 is 5.11 Å². The van der Waals surface area contributed by atoms with Crippen molar-refractivity contribution in [2.24, 2.45) is 0 Å². The average molecular weight is 217 g/mol. The van der Waals surface area contributed by atoms with Crippen molar-refractivity contribution in [2.45, 2.75) is 25.5 Å². The molecule has 3 nitrogen and oxygen atoms in total. The van der Waals surface area contributed by atoms with E-state index in [1.54, 1.807) is 6.20 Å². The lowest BCUT2D eigenvalue weighted by Crippen LogP contribution is -2.15. The normalized spacial score (nSPS) is 23.3. The van der Waals surface area contributed by atoms with Crippen LogP contribution in [0.3, 0.4) is 0 Å². The van der Waals surface area contributed by atoms with E-state index in [4.69, 9.17) is 0 Å². The lowest BCUT2D eigenvalue weighted by Gasteiger charge is -2.19. The fourth-order valence-corrected chi connectivity index (χ4v) is 1.89. The number of halogens is 1. The molecule has 0 radical (unpaired) electrons. The SMILES string of the molecule is OC1CCCn2c(Br)cnc21. The van der Waals surface area contributed by atoms with Gasteiger partial charge in [0.2, 0.25) is 0 Å². The Morgan fingerprint density at radius 3 is 3.27 bits per heavy atom. The number of hydrogen-bond donors (Lipinski definition) is 1. The number of aliphatic hydroxyl groups excluding tert-OH is 1. The molecule has 0 saturated carbocycles. The largest absolute Gasteiger partial charge is 0.385 e. The first-order valence-electron chi connectivity index (χ1n) is 3.68. The van der Waals surface area contributed by atoms with E-state index in [0.29, 0.717) is 0 Å². The van der Waals surface area contributed by atoms with Gasteiger partial charge in [0.1, 0.15) is 16.5 Å². The molecule has 60 valence electrons. The molecule has 4 heteroatoms. The van der Waals surface area contributed by atoms with Crippen LogP contribution in [-0.4, -0.2) is 14.7 Å². The van der Waals surface area contributed by atoms with Gasteiger partial charge in [-0.15, -0.1) is 0 Å². The smallest absolute Gasteiger partial charge is 0.138 e. The standard InChI is InChI=1S/C7H9BrN2O/c8-6-4-9-7-5(11)2-1-3-10(6)7/h4-5,11H,1-3H2. The van der Waals surface area contributed by atoms with E-state index in [0.717, 1.165) is 29.8 Å². The fraction of sp³-hybridized carbons (Fsp3) is 0.571. The predicted octanol–water partition coefficient (Wildman–Crippen LogP) is 1.47. The van der Waals surface area contributed by atoms with Crippen LogP contribution >= 0.6 is 15.9 Å². The number of aromatic nitrogens is 2. The summed E-state index contributed by atoms with van der Waals surface area (Å²) in [5, 5.41) is 9.47. The summed E-state index contributed by atoms with van der Waals surface area (Å²) < 4.78 is 2.97. The molecule has 1 unspecified atom stereocenters. The average Bonchev–Trinajstić information content (AvgIpc) is 2.35. The summed E-state index contributed by atoms with van der Waals surface area (Å²) in [6.45, 7) is 0.965. The van der Waals surface area contributed by atoms with Crippen LogP contribution in [0.2, 0.25) is 0 Å². The highest BCUT2D eigenvalue weighted by atomic mass is 79.9. The molecular formula is C7H9BrN2O. The van der Waals surface area contributed by atoms with E-state index < -0.39 is 0 Å². The predicted molar refractivity (Wildman–Crippen MR) is 44.1 cm³/mol. The van der Waals surface area contributed by atoms with Gasteiger partial charge in [0.25, 0.3) is 0 Å². The molecule has 2 heterocycles. The van der Waals surface area contributed by atoms with Gasteiger partial charge in [0.15, 0.2) is 0 Å². The van der Waals surface area contributed by atoms with E-state index in [1.165, 1.54) is 0 Å². The van der Waals surface area contributed by atoms with Crippen molar-refractivity contribution in [2.75, 3.05) is 0 Å². The second kappa shape index (κ2) is 2.60. The molecular weight excluding hydrogens is 208 g/mol. The molecule has 1 aromatic heterocycles. The van der Waals surface area contributed by atoms with Crippen molar-refractivity contribution in [3.63, 3.8) is 0 Å². The zero-order valence-electron chi connectivity index (χ0n) is 6.00. The lowest BCUT2D eigenvalue weighted by atomic mass is 10.1. The fourth-order valence-electron chi connectivity index (χ4n) is 1.43.